The summed E-state index contributed by atoms with van der Waals surface area (Å²) in [5.74, 6) is 0. The van der Waals surface area contributed by atoms with Gasteiger partial charge in [0.1, 0.15) is 5.37 Å². The van der Waals surface area contributed by atoms with Crippen LogP contribution in [0, 0.1) is 0 Å². The lowest BCUT2D eigenvalue weighted by atomic mass is 10.5. The number of rotatable bonds is 3. The second kappa shape index (κ2) is 7.44. The average molecular weight is 200 g/mol. The van der Waals surface area contributed by atoms with Crippen molar-refractivity contribution in [2.45, 2.75) is 18.7 Å². The lowest BCUT2D eigenvalue weighted by Gasteiger charge is -2.01. The van der Waals surface area contributed by atoms with Crippen molar-refractivity contribution < 1.29 is 18.1 Å². The van der Waals surface area contributed by atoms with Gasteiger partial charge in [-0.15, -0.1) is 0 Å². The van der Waals surface area contributed by atoms with Crippen molar-refractivity contribution in [1.29, 1.82) is 0 Å². The zero-order valence-corrected chi connectivity index (χ0v) is 7.79. The fraction of sp³-hybridized carbons (Fsp3) is 1.00. The summed E-state index contributed by atoms with van der Waals surface area (Å²) in [5, 5.41) is 6.63. The first-order valence-corrected chi connectivity index (χ1v) is 4.93. The van der Waals surface area contributed by atoms with Gasteiger partial charge in [-0.25, -0.2) is 0 Å². The standard InChI is InChI=1S/C3H9NO3S.C2H7NO/c1-2-3(4)8(5,6)7;3-1-2-4/h3H,2,4H2,1H3,(H,5,6,7);4H,1-3H2. The minimum atomic E-state index is -3.98. The highest BCUT2D eigenvalue weighted by molar-refractivity contribution is 7.86. The van der Waals surface area contributed by atoms with Crippen LogP contribution in [0.3, 0.4) is 0 Å². The van der Waals surface area contributed by atoms with E-state index in [-0.39, 0.29) is 13.0 Å². The van der Waals surface area contributed by atoms with E-state index in [1.807, 2.05) is 0 Å². The summed E-state index contributed by atoms with van der Waals surface area (Å²) < 4.78 is 28.1. The zero-order valence-electron chi connectivity index (χ0n) is 6.97. The first kappa shape index (κ1) is 14.3. The monoisotopic (exact) mass is 200 g/mol. The molecule has 1 atom stereocenters. The largest absolute Gasteiger partial charge is 0.395 e. The average Bonchev–Trinajstić information content (AvgIpc) is 2.02. The van der Waals surface area contributed by atoms with Crippen LogP contribution in [0.2, 0.25) is 0 Å². The molecule has 6 nitrogen and oxygen atoms in total. The van der Waals surface area contributed by atoms with Crippen molar-refractivity contribution in [3.63, 3.8) is 0 Å². The Morgan fingerprint density at radius 3 is 1.83 bits per heavy atom. The molecule has 0 aromatic carbocycles. The van der Waals surface area contributed by atoms with Gasteiger partial charge in [-0.2, -0.15) is 8.42 Å². The van der Waals surface area contributed by atoms with Gasteiger partial charge in [0.25, 0.3) is 10.1 Å². The molecule has 0 spiro atoms. The number of hydrogen-bond donors (Lipinski definition) is 4. The van der Waals surface area contributed by atoms with Crippen LogP contribution in [0.5, 0.6) is 0 Å². The maximum absolute atomic E-state index is 9.99. The molecule has 0 saturated heterocycles. The third-order valence-corrected chi connectivity index (χ3v) is 2.01. The van der Waals surface area contributed by atoms with E-state index in [1.165, 1.54) is 0 Å². The van der Waals surface area contributed by atoms with Crippen molar-refractivity contribution in [3.8, 4) is 0 Å². The summed E-state index contributed by atoms with van der Waals surface area (Å²) >= 11 is 0. The fourth-order valence-corrected chi connectivity index (χ4v) is 0.632. The lowest BCUT2D eigenvalue weighted by Crippen LogP contribution is -2.28. The summed E-state index contributed by atoms with van der Waals surface area (Å²) in [5.41, 5.74) is 9.69. The molecule has 0 amide bonds. The Kier molecular flexibility index (Phi) is 8.88. The van der Waals surface area contributed by atoms with Gasteiger partial charge in [-0.1, -0.05) is 6.92 Å². The molecular weight excluding hydrogens is 184 g/mol. The van der Waals surface area contributed by atoms with Gasteiger partial charge >= 0.3 is 0 Å². The quantitative estimate of drug-likeness (QED) is 0.411. The highest BCUT2D eigenvalue weighted by atomic mass is 32.2. The highest BCUT2D eigenvalue weighted by Crippen LogP contribution is 1.93. The summed E-state index contributed by atoms with van der Waals surface area (Å²) in [4.78, 5) is 0. The molecule has 76 valence electrons. The van der Waals surface area contributed by atoms with Gasteiger partial charge in [0.05, 0.1) is 6.61 Å². The number of aliphatic hydroxyl groups is 1. The predicted molar refractivity (Wildman–Crippen MR) is 46.0 cm³/mol. The van der Waals surface area contributed by atoms with E-state index in [1.54, 1.807) is 6.92 Å². The Labute approximate surface area is 72.3 Å². The summed E-state index contributed by atoms with van der Waals surface area (Å²) in [6.45, 7) is 2.05. The van der Waals surface area contributed by atoms with Gasteiger partial charge in [0, 0.05) is 6.54 Å². The third kappa shape index (κ3) is 9.79. The fourth-order valence-electron chi connectivity index (χ4n) is 0.211. The molecule has 0 aromatic rings. The number of aliphatic hydroxyl groups excluding tert-OH is 1. The molecule has 6 N–H and O–H groups in total. The molecule has 0 aromatic heterocycles. The minimum absolute atomic E-state index is 0.0972. The SMILES string of the molecule is CCC(N)S(=O)(=O)O.NCCO. The van der Waals surface area contributed by atoms with Crippen LogP contribution in [0.1, 0.15) is 13.3 Å². The van der Waals surface area contributed by atoms with Crippen LogP contribution in [0.15, 0.2) is 0 Å². The van der Waals surface area contributed by atoms with E-state index >= 15 is 0 Å². The van der Waals surface area contributed by atoms with E-state index in [4.69, 9.17) is 21.1 Å². The molecule has 0 bridgehead atoms. The Hall–Kier alpha value is -0.210. The first-order chi connectivity index (χ1) is 5.40. The van der Waals surface area contributed by atoms with Gasteiger partial charge in [0.2, 0.25) is 0 Å². The number of nitrogens with two attached hydrogens (primary N) is 2. The molecule has 0 aliphatic carbocycles. The summed E-state index contributed by atoms with van der Waals surface area (Å²) in [6.07, 6.45) is 0.235. The van der Waals surface area contributed by atoms with Crippen LogP contribution < -0.4 is 11.5 Å². The van der Waals surface area contributed by atoms with Crippen LogP contribution in [-0.4, -0.2) is 36.6 Å². The van der Waals surface area contributed by atoms with Crippen molar-refractivity contribution in [1.82, 2.24) is 0 Å². The molecular formula is C5H16N2O4S. The molecule has 0 aliphatic heterocycles. The van der Waals surface area contributed by atoms with Crippen molar-refractivity contribution in [2.24, 2.45) is 11.5 Å². The van der Waals surface area contributed by atoms with E-state index in [2.05, 4.69) is 0 Å². The smallest absolute Gasteiger partial charge is 0.280 e. The van der Waals surface area contributed by atoms with Gasteiger partial charge < -0.3 is 16.6 Å². The van der Waals surface area contributed by atoms with Crippen LogP contribution in [0.25, 0.3) is 0 Å². The number of hydrogen-bond acceptors (Lipinski definition) is 5. The maximum Gasteiger partial charge on any atom is 0.280 e. The van der Waals surface area contributed by atoms with E-state index in [0.29, 0.717) is 6.54 Å². The van der Waals surface area contributed by atoms with Crippen molar-refractivity contribution in [3.05, 3.63) is 0 Å². The molecule has 0 saturated carbocycles. The topological polar surface area (TPSA) is 127 Å². The Balaban J connectivity index is 0. The van der Waals surface area contributed by atoms with Crippen LogP contribution in [-0.2, 0) is 10.1 Å². The van der Waals surface area contributed by atoms with Gasteiger partial charge in [0.15, 0.2) is 0 Å². The predicted octanol–water partition coefficient (Wildman–Crippen LogP) is -1.49. The minimum Gasteiger partial charge on any atom is -0.395 e. The van der Waals surface area contributed by atoms with Crippen molar-refractivity contribution >= 4 is 10.1 Å². The van der Waals surface area contributed by atoms with Crippen LogP contribution in [0.4, 0.5) is 0 Å². The van der Waals surface area contributed by atoms with E-state index in [9.17, 15) is 8.42 Å². The molecule has 0 aliphatic rings. The molecule has 12 heavy (non-hydrogen) atoms. The Morgan fingerprint density at radius 1 is 1.50 bits per heavy atom. The third-order valence-electron chi connectivity index (χ3n) is 0.914. The van der Waals surface area contributed by atoms with E-state index < -0.39 is 15.5 Å². The normalized spacial score (nSPS) is 13.1. The second-order valence-electron chi connectivity index (χ2n) is 1.97. The summed E-state index contributed by atoms with van der Waals surface area (Å²) in [6, 6.07) is 0. The second-order valence-corrected chi connectivity index (χ2v) is 3.61. The molecule has 7 heteroatoms. The molecule has 0 radical (unpaired) electrons. The van der Waals surface area contributed by atoms with Crippen molar-refractivity contribution in [2.75, 3.05) is 13.2 Å². The summed E-state index contributed by atoms with van der Waals surface area (Å²) in [7, 11) is -3.98. The molecule has 1 unspecified atom stereocenters. The maximum atomic E-state index is 9.99. The van der Waals surface area contributed by atoms with Gasteiger partial charge in [-0.3, -0.25) is 4.55 Å². The molecule has 0 rings (SSSR count). The Morgan fingerprint density at radius 2 is 1.83 bits per heavy atom. The molecule has 0 heterocycles. The lowest BCUT2D eigenvalue weighted by molar-refractivity contribution is 0.306. The zero-order chi connectivity index (χ0) is 10.2. The Bertz CT molecular complexity index is 178. The molecule has 0 fully saturated rings. The van der Waals surface area contributed by atoms with Gasteiger partial charge in [-0.05, 0) is 6.42 Å². The highest BCUT2D eigenvalue weighted by Gasteiger charge is 2.13. The van der Waals surface area contributed by atoms with E-state index in [0.717, 1.165) is 0 Å². The first-order valence-electron chi connectivity index (χ1n) is 3.42. The van der Waals surface area contributed by atoms with Crippen LogP contribution >= 0.6 is 0 Å².